The van der Waals surface area contributed by atoms with Gasteiger partial charge in [-0.15, -0.1) is 5.10 Å². The Morgan fingerprint density at radius 1 is 1.32 bits per heavy atom. The van der Waals surface area contributed by atoms with Crippen LogP contribution in [-0.4, -0.2) is 36.9 Å². The second-order valence-electron chi connectivity index (χ2n) is 4.99. The second kappa shape index (κ2) is 7.74. The maximum Gasteiger partial charge on any atom is 0.387 e. The van der Waals surface area contributed by atoms with Crippen molar-refractivity contribution in [2.75, 3.05) is 7.11 Å². The highest BCUT2D eigenvalue weighted by atomic mass is 32.2. The highest BCUT2D eigenvalue weighted by Crippen LogP contribution is 2.22. The maximum absolute atomic E-state index is 12.5. The number of hydrogen-bond donors (Lipinski definition) is 1. The number of methoxy groups -OCH3 is 1. The summed E-state index contributed by atoms with van der Waals surface area (Å²) in [4.78, 5) is -0.202. The van der Waals surface area contributed by atoms with E-state index < -0.39 is 22.7 Å². The summed E-state index contributed by atoms with van der Waals surface area (Å²) in [5.74, 6) is 0.117. The predicted molar refractivity (Wildman–Crippen MR) is 84.1 cm³/mol. The number of alkyl halides is 2. The molecule has 1 aromatic heterocycles. The molecule has 0 amide bonds. The average Bonchev–Trinajstić information content (AvgIpc) is 2.97. The third-order valence-corrected chi connectivity index (χ3v) is 4.84. The maximum atomic E-state index is 12.5. The van der Waals surface area contributed by atoms with Crippen LogP contribution in [0.25, 0.3) is 0 Å². The van der Waals surface area contributed by atoms with Gasteiger partial charge in [-0.25, -0.2) is 13.1 Å². The molecule has 0 aliphatic rings. The van der Waals surface area contributed by atoms with E-state index in [-0.39, 0.29) is 16.7 Å². The van der Waals surface area contributed by atoms with Gasteiger partial charge < -0.3 is 9.47 Å². The molecule has 25 heavy (non-hydrogen) atoms. The molecule has 11 heteroatoms. The van der Waals surface area contributed by atoms with Gasteiger partial charge in [0.2, 0.25) is 10.0 Å². The Morgan fingerprint density at radius 2 is 2.04 bits per heavy atom. The van der Waals surface area contributed by atoms with Crippen molar-refractivity contribution in [2.45, 2.75) is 37.9 Å². The number of sulfonamides is 1. The Balaban J connectivity index is 2.25. The van der Waals surface area contributed by atoms with Crippen LogP contribution in [0, 0.1) is 0 Å². The van der Waals surface area contributed by atoms with Crippen LogP contribution >= 0.6 is 0 Å². The fourth-order valence-electron chi connectivity index (χ4n) is 2.24. The topological polar surface area (TPSA) is 95.3 Å². The largest absolute Gasteiger partial charge is 0.467 e. The Morgan fingerprint density at radius 3 is 2.64 bits per heavy atom. The standard InChI is InChI=1S/C14H18F2N4O4S/c1-4-20-12(17-18-14(20)23-3)9(2)19-25(21,22)11-7-5-6-10(8-11)24-13(15)16/h5-9,13,19H,4H2,1-3H3/t9-/m1/s1. The Labute approximate surface area is 143 Å². The smallest absolute Gasteiger partial charge is 0.387 e. The van der Waals surface area contributed by atoms with Crippen molar-refractivity contribution in [3.63, 3.8) is 0 Å². The van der Waals surface area contributed by atoms with Crippen LogP contribution in [0.2, 0.25) is 0 Å². The summed E-state index contributed by atoms with van der Waals surface area (Å²) >= 11 is 0. The second-order valence-corrected chi connectivity index (χ2v) is 6.70. The molecule has 2 rings (SSSR count). The Hall–Kier alpha value is -2.27. The normalized spacial score (nSPS) is 13.0. The molecule has 0 fully saturated rings. The Kier molecular flexibility index (Phi) is 5.90. The number of nitrogens with one attached hydrogen (secondary N) is 1. The summed E-state index contributed by atoms with van der Waals surface area (Å²) in [6, 6.07) is 4.39. The third kappa shape index (κ3) is 4.42. The van der Waals surface area contributed by atoms with Crippen LogP contribution in [0.1, 0.15) is 25.7 Å². The third-order valence-electron chi connectivity index (χ3n) is 3.30. The molecule has 0 aliphatic heterocycles. The summed E-state index contributed by atoms with van der Waals surface area (Å²) in [6.45, 7) is 0.865. The van der Waals surface area contributed by atoms with Crippen molar-refractivity contribution in [3.05, 3.63) is 30.1 Å². The molecule has 0 unspecified atom stereocenters. The molecule has 0 saturated heterocycles. The van der Waals surface area contributed by atoms with E-state index in [0.29, 0.717) is 12.4 Å². The van der Waals surface area contributed by atoms with Gasteiger partial charge in [-0.1, -0.05) is 11.2 Å². The van der Waals surface area contributed by atoms with Gasteiger partial charge in [-0.2, -0.15) is 8.78 Å². The van der Waals surface area contributed by atoms with E-state index in [2.05, 4.69) is 19.7 Å². The van der Waals surface area contributed by atoms with E-state index in [1.165, 1.54) is 25.3 Å². The van der Waals surface area contributed by atoms with Gasteiger partial charge in [-0.05, 0) is 26.0 Å². The first-order valence-corrected chi connectivity index (χ1v) is 8.81. The van der Waals surface area contributed by atoms with Crippen molar-refractivity contribution in [2.24, 2.45) is 0 Å². The SMILES string of the molecule is CCn1c(OC)nnc1[C@@H](C)NS(=O)(=O)c1cccc(OC(F)F)c1. The van der Waals surface area contributed by atoms with Gasteiger partial charge in [0.05, 0.1) is 18.0 Å². The molecule has 2 aromatic rings. The predicted octanol–water partition coefficient (Wildman–Crippen LogP) is 1.95. The van der Waals surface area contributed by atoms with Crippen LogP contribution in [0.5, 0.6) is 11.8 Å². The van der Waals surface area contributed by atoms with E-state index in [9.17, 15) is 17.2 Å². The number of rotatable bonds is 8. The highest BCUT2D eigenvalue weighted by Gasteiger charge is 2.24. The van der Waals surface area contributed by atoms with Crippen molar-refractivity contribution < 1.29 is 26.7 Å². The van der Waals surface area contributed by atoms with Crippen molar-refractivity contribution in [1.82, 2.24) is 19.5 Å². The monoisotopic (exact) mass is 376 g/mol. The summed E-state index contributed by atoms with van der Waals surface area (Å²) in [6.07, 6.45) is 0. The first kappa shape index (κ1) is 19.1. The molecule has 0 spiro atoms. The van der Waals surface area contributed by atoms with E-state index in [1.54, 1.807) is 11.5 Å². The molecule has 0 radical (unpaired) electrons. The summed E-state index contributed by atoms with van der Waals surface area (Å²) in [7, 11) is -2.55. The van der Waals surface area contributed by atoms with E-state index in [4.69, 9.17) is 4.74 Å². The van der Waals surface area contributed by atoms with E-state index in [0.717, 1.165) is 6.07 Å². The number of hydrogen-bond acceptors (Lipinski definition) is 6. The van der Waals surface area contributed by atoms with Crippen molar-refractivity contribution in [3.8, 4) is 11.8 Å². The first-order valence-electron chi connectivity index (χ1n) is 7.32. The molecule has 138 valence electrons. The molecule has 0 aliphatic carbocycles. The van der Waals surface area contributed by atoms with Crippen molar-refractivity contribution >= 4 is 10.0 Å². The van der Waals surface area contributed by atoms with Crippen LogP contribution in [0.4, 0.5) is 8.78 Å². The molecule has 1 heterocycles. The number of aromatic nitrogens is 3. The quantitative estimate of drug-likeness (QED) is 0.757. The molecule has 8 nitrogen and oxygen atoms in total. The Bertz CT molecular complexity index is 826. The first-order chi connectivity index (χ1) is 11.8. The summed E-state index contributed by atoms with van der Waals surface area (Å²) in [5.41, 5.74) is 0. The molecular formula is C14H18F2N4O4S. The van der Waals surface area contributed by atoms with Gasteiger partial charge in [-0.3, -0.25) is 4.57 Å². The molecule has 0 bridgehead atoms. The fraction of sp³-hybridized carbons (Fsp3) is 0.429. The molecule has 1 N–H and O–H groups in total. The van der Waals surface area contributed by atoms with Crippen LogP contribution < -0.4 is 14.2 Å². The average molecular weight is 376 g/mol. The van der Waals surface area contributed by atoms with Crippen molar-refractivity contribution in [1.29, 1.82) is 0 Å². The number of ether oxygens (including phenoxy) is 2. The summed E-state index contributed by atoms with van der Waals surface area (Å²) in [5, 5.41) is 7.76. The number of benzene rings is 1. The fourth-order valence-corrected chi connectivity index (χ4v) is 3.48. The number of nitrogens with zero attached hydrogens (tertiary/aromatic N) is 3. The zero-order chi connectivity index (χ0) is 18.6. The lowest BCUT2D eigenvalue weighted by atomic mass is 10.3. The van der Waals surface area contributed by atoms with Crippen LogP contribution in [0.3, 0.4) is 0 Å². The van der Waals surface area contributed by atoms with Crippen LogP contribution in [-0.2, 0) is 16.6 Å². The zero-order valence-corrected chi connectivity index (χ0v) is 14.6. The summed E-state index contributed by atoms with van der Waals surface area (Å²) < 4.78 is 62.9. The van der Waals surface area contributed by atoms with Gasteiger partial charge in [0, 0.05) is 12.6 Å². The lowest BCUT2D eigenvalue weighted by molar-refractivity contribution is -0.0499. The minimum absolute atomic E-state index is 0.202. The molecule has 0 saturated carbocycles. The molecule has 1 atom stereocenters. The van der Waals surface area contributed by atoms with Gasteiger partial charge in [0.25, 0.3) is 0 Å². The van der Waals surface area contributed by atoms with Gasteiger partial charge in [0.1, 0.15) is 5.75 Å². The van der Waals surface area contributed by atoms with E-state index in [1.807, 2.05) is 6.92 Å². The highest BCUT2D eigenvalue weighted by molar-refractivity contribution is 7.89. The van der Waals surface area contributed by atoms with E-state index >= 15 is 0 Å². The lowest BCUT2D eigenvalue weighted by Crippen LogP contribution is -2.29. The zero-order valence-electron chi connectivity index (χ0n) is 13.8. The number of halogens is 2. The van der Waals surface area contributed by atoms with Gasteiger partial charge >= 0.3 is 12.6 Å². The van der Waals surface area contributed by atoms with Gasteiger partial charge in [0.15, 0.2) is 5.82 Å². The molecule has 1 aromatic carbocycles. The lowest BCUT2D eigenvalue weighted by Gasteiger charge is -2.15. The van der Waals surface area contributed by atoms with Crippen LogP contribution in [0.15, 0.2) is 29.2 Å². The molecular weight excluding hydrogens is 358 g/mol. The minimum atomic E-state index is -3.99. The minimum Gasteiger partial charge on any atom is -0.467 e.